The van der Waals surface area contributed by atoms with Crippen molar-refractivity contribution in [2.24, 2.45) is 0 Å². The van der Waals surface area contributed by atoms with Gasteiger partial charge in [-0.1, -0.05) is 23.2 Å². The normalized spacial score (nSPS) is 10.4. The van der Waals surface area contributed by atoms with Gasteiger partial charge in [0, 0.05) is 29.4 Å². The van der Waals surface area contributed by atoms with E-state index in [9.17, 15) is 10.1 Å². The second kappa shape index (κ2) is 9.49. The van der Waals surface area contributed by atoms with Crippen molar-refractivity contribution in [2.75, 3.05) is 12.4 Å². The number of methoxy groups -OCH3 is 1. The molecule has 0 heterocycles. The monoisotopic (exact) mass is 432 g/mol. The number of anilines is 1. The van der Waals surface area contributed by atoms with Crippen LogP contribution in [0.15, 0.2) is 60.7 Å². The maximum Gasteiger partial charge on any atom is 0.269 e. The Labute approximate surface area is 178 Å². The van der Waals surface area contributed by atoms with Crippen molar-refractivity contribution >= 4 is 34.6 Å². The molecule has 0 unspecified atom stereocenters. The van der Waals surface area contributed by atoms with Gasteiger partial charge in [-0.25, -0.2) is 0 Å². The molecule has 3 aromatic rings. The van der Waals surface area contributed by atoms with E-state index in [-0.39, 0.29) is 12.3 Å². The second-order valence-corrected chi connectivity index (χ2v) is 7.03. The summed E-state index contributed by atoms with van der Waals surface area (Å²) in [6, 6.07) is 17.2. The third kappa shape index (κ3) is 5.53. The quantitative estimate of drug-likeness (QED) is 0.343. The number of hydrogen-bond acceptors (Lipinski definition) is 5. The number of nitro benzene ring substituents is 1. The summed E-state index contributed by atoms with van der Waals surface area (Å²) < 4.78 is 11.2. The highest BCUT2D eigenvalue weighted by Crippen LogP contribution is 2.37. The fraction of sp³-hybridized carbons (Fsp3) is 0.143. The van der Waals surface area contributed by atoms with Gasteiger partial charge in [0.05, 0.1) is 17.1 Å². The summed E-state index contributed by atoms with van der Waals surface area (Å²) in [4.78, 5) is 10.3. The summed E-state index contributed by atoms with van der Waals surface area (Å²) in [6.45, 7) is 0.747. The molecular formula is C21H18Cl2N2O4. The Morgan fingerprint density at radius 2 is 1.69 bits per heavy atom. The smallest absolute Gasteiger partial charge is 0.269 e. The van der Waals surface area contributed by atoms with Crippen LogP contribution in [0.1, 0.15) is 11.1 Å². The van der Waals surface area contributed by atoms with E-state index in [2.05, 4.69) is 5.32 Å². The number of benzene rings is 3. The van der Waals surface area contributed by atoms with Crippen molar-refractivity contribution in [3.05, 3.63) is 92.0 Å². The molecule has 8 heteroatoms. The molecular weight excluding hydrogens is 415 g/mol. The van der Waals surface area contributed by atoms with Gasteiger partial charge in [0.2, 0.25) is 0 Å². The number of non-ortho nitro benzene ring substituents is 1. The minimum Gasteiger partial charge on any atom is -0.493 e. The maximum absolute atomic E-state index is 10.7. The van der Waals surface area contributed by atoms with Crippen LogP contribution in [0.4, 0.5) is 11.4 Å². The zero-order chi connectivity index (χ0) is 20.8. The van der Waals surface area contributed by atoms with Crippen LogP contribution in [0.3, 0.4) is 0 Å². The van der Waals surface area contributed by atoms with Crippen LogP contribution in [0.2, 0.25) is 10.0 Å². The Bertz CT molecular complexity index is 993. The molecule has 0 saturated carbocycles. The molecule has 0 bridgehead atoms. The number of nitrogens with zero attached hydrogens (tertiary/aromatic N) is 1. The lowest BCUT2D eigenvalue weighted by atomic mass is 10.2. The lowest BCUT2D eigenvalue weighted by Crippen LogP contribution is -2.02. The van der Waals surface area contributed by atoms with Gasteiger partial charge in [-0.15, -0.1) is 0 Å². The Hall–Kier alpha value is -2.96. The van der Waals surface area contributed by atoms with E-state index < -0.39 is 4.92 Å². The van der Waals surface area contributed by atoms with Gasteiger partial charge in [0.25, 0.3) is 5.69 Å². The summed E-state index contributed by atoms with van der Waals surface area (Å²) in [5.74, 6) is 0.926. The van der Waals surface area contributed by atoms with Gasteiger partial charge >= 0.3 is 0 Å². The first kappa shape index (κ1) is 20.8. The fourth-order valence-electron chi connectivity index (χ4n) is 2.66. The van der Waals surface area contributed by atoms with Crippen molar-refractivity contribution in [3.8, 4) is 11.5 Å². The van der Waals surface area contributed by atoms with E-state index in [1.807, 2.05) is 30.3 Å². The average Bonchev–Trinajstić information content (AvgIpc) is 2.72. The van der Waals surface area contributed by atoms with Crippen molar-refractivity contribution in [2.45, 2.75) is 13.2 Å². The molecule has 150 valence electrons. The van der Waals surface area contributed by atoms with E-state index in [1.54, 1.807) is 25.3 Å². The minimum absolute atomic E-state index is 0.0295. The van der Waals surface area contributed by atoms with Crippen molar-refractivity contribution in [1.29, 1.82) is 0 Å². The van der Waals surface area contributed by atoms with Crippen LogP contribution in [0.25, 0.3) is 0 Å². The molecule has 3 aromatic carbocycles. The Morgan fingerprint density at radius 1 is 1.00 bits per heavy atom. The average molecular weight is 433 g/mol. The third-order valence-corrected chi connectivity index (χ3v) is 4.69. The minimum atomic E-state index is -0.443. The van der Waals surface area contributed by atoms with Crippen LogP contribution in [0, 0.1) is 10.1 Å². The van der Waals surface area contributed by atoms with Crippen molar-refractivity contribution in [3.63, 3.8) is 0 Å². The van der Waals surface area contributed by atoms with Gasteiger partial charge in [-0.2, -0.15) is 0 Å². The summed E-state index contributed by atoms with van der Waals surface area (Å²) in [5, 5.41) is 15.1. The zero-order valence-electron chi connectivity index (χ0n) is 15.5. The molecule has 0 radical (unpaired) electrons. The molecule has 29 heavy (non-hydrogen) atoms. The SMILES string of the molecule is COc1cc(CNc2ccc(Cl)cc2)cc(Cl)c1OCc1ccc([N+](=O)[O-])cc1. The highest BCUT2D eigenvalue weighted by atomic mass is 35.5. The molecule has 0 saturated heterocycles. The Balaban J connectivity index is 1.69. The first-order valence-electron chi connectivity index (χ1n) is 8.68. The fourth-order valence-corrected chi connectivity index (χ4v) is 3.07. The Morgan fingerprint density at radius 3 is 2.31 bits per heavy atom. The second-order valence-electron chi connectivity index (χ2n) is 6.18. The van der Waals surface area contributed by atoms with Crippen LogP contribution >= 0.6 is 23.2 Å². The zero-order valence-corrected chi connectivity index (χ0v) is 17.0. The van der Waals surface area contributed by atoms with Crippen LogP contribution in [-0.2, 0) is 13.2 Å². The van der Waals surface area contributed by atoms with Gasteiger partial charge in [0.15, 0.2) is 11.5 Å². The summed E-state index contributed by atoms with van der Waals surface area (Å²) in [5.41, 5.74) is 2.66. The van der Waals surface area contributed by atoms with Crippen LogP contribution < -0.4 is 14.8 Å². The standard InChI is InChI=1S/C21H18Cl2N2O4/c1-28-20-11-15(12-24-17-6-4-16(22)5-7-17)10-19(23)21(20)29-13-14-2-8-18(9-3-14)25(26)27/h2-11,24H,12-13H2,1H3. The van der Waals surface area contributed by atoms with E-state index in [0.29, 0.717) is 28.1 Å². The third-order valence-electron chi connectivity index (χ3n) is 4.16. The molecule has 0 aliphatic rings. The predicted octanol–water partition coefficient (Wildman–Crippen LogP) is 6.10. The van der Waals surface area contributed by atoms with Gasteiger partial charge < -0.3 is 14.8 Å². The van der Waals surface area contributed by atoms with E-state index in [4.69, 9.17) is 32.7 Å². The van der Waals surface area contributed by atoms with E-state index in [0.717, 1.165) is 16.8 Å². The summed E-state index contributed by atoms with van der Waals surface area (Å²) >= 11 is 12.3. The molecule has 0 spiro atoms. The summed E-state index contributed by atoms with van der Waals surface area (Å²) in [6.07, 6.45) is 0. The molecule has 0 aliphatic heterocycles. The van der Waals surface area contributed by atoms with E-state index >= 15 is 0 Å². The molecule has 0 amide bonds. The number of hydrogen-bond donors (Lipinski definition) is 1. The van der Waals surface area contributed by atoms with Gasteiger partial charge in [-0.3, -0.25) is 10.1 Å². The molecule has 0 aliphatic carbocycles. The predicted molar refractivity (Wildman–Crippen MR) is 114 cm³/mol. The number of ether oxygens (including phenoxy) is 2. The van der Waals surface area contributed by atoms with Crippen LogP contribution in [0.5, 0.6) is 11.5 Å². The topological polar surface area (TPSA) is 73.6 Å². The number of nitro groups is 1. The number of nitrogens with one attached hydrogen (secondary N) is 1. The highest BCUT2D eigenvalue weighted by Gasteiger charge is 2.13. The molecule has 6 nitrogen and oxygen atoms in total. The van der Waals surface area contributed by atoms with Crippen LogP contribution in [-0.4, -0.2) is 12.0 Å². The summed E-state index contributed by atoms with van der Waals surface area (Å²) in [7, 11) is 1.54. The largest absolute Gasteiger partial charge is 0.493 e. The lowest BCUT2D eigenvalue weighted by molar-refractivity contribution is -0.384. The van der Waals surface area contributed by atoms with Crippen molar-refractivity contribution in [1.82, 2.24) is 0 Å². The maximum atomic E-state index is 10.7. The molecule has 1 N–H and O–H groups in total. The van der Waals surface area contributed by atoms with Crippen molar-refractivity contribution < 1.29 is 14.4 Å². The van der Waals surface area contributed by atoms with Gasteiger partial charge in [0.1, 0.15) is 6.61 Å². The first-order chi connectivity index (χ1) is 14.0. The Kier molecular flexibility index (Phi) is 6.80. The molecule has 0 atom stereocenters. The molecule has 0 aromatic heterocycles. The highest BCUT2D eigenvalue weighted by molar-refractivity contribution is 6.32. The number of halogens is 2. The van der Waals surface area contributed by atoms with Gasteiger partial charge in [-0.05, 0) is 59.7 Å². The lowest BCUT2D eigenvalue weighted by Gasteiger charge is -2.15. The first-order valence-corrected chi connectivity index (χ1v) is 9.44. The molecule has 0 fully saturated rings. The molecule has 3 rings (SSSR count). The van der Waals surface area contributed by atoms with E-state index in [1.165, 1.54) is 12.1 Å². The number of rotatable bonds is 8.